The molecule has 0 fully saturated rings. The van der Waals surface area contributed by atoms with Crippen LogP contribution in [0.1, 0.15) is 29.5 Å². The van der Waals surface area contributed by atoms with Crippen LogP contribution in [-0.4, -0.2) is 39.5 Å². The van der Waals surface area contributed by atoms with Crippen LogP contribution >= 0.6 is 11.8 Å². The number of hydrogen-bond donors (Lipinski definition) is 0. The van der Waals surface area contributed by atoms with Gasteiger partial charge in [-0.2, -0.15) is 0 Å². The molecule has 0 spiro atoms. The third kappa shape index (κ3) is 3.64. The van der Waals surface area contributed by atoms with E-state index in [0.29, 0.717) is 30.3 Å². The molecule has 146 valence electrons. The third-order valence-electron chi connectivity index (χ3n) is 4.46. The van der Waals surface area contributed by atoms with E-state index in [1.807, 2.05) is 17.6 Å². The average molecular weight is 399 g/mol. The summed E-state index contributed by atoms with van der Waals surface area (Å²) in [7, 11) is 0. The van der Waals surface area contributed by atoms with Gasteiger partial charge in [-0.25, -0.2) is 0 Å². The highest BCUT2D eigenvalue weighted by Crippen LogP contribution is 2.32. The van der Waals surface area contributed by atoms with E-state index in [0.717, 1.165) is 35.3 Å². The van der Waals surface area contributed by atoms with Crippen molar-refractivity contribution in [1.29, 1.82) is 0 Å². The molecular weight excluding hydrogens is 378 g/mol. The zero-order valence-electron chi connectivity index (χ0n) is 15.8. The van der Waals surface area contributed by atoms with Gasteiger partial charge in [0.1, 0.15) is 19.0 Å². The van der Waals surface area contributed by atoms with Crippen molar-refractivity contribution in [2.24, 2.45) is 0 Å². The van der Waals surface area contributed by atoms with Crippen LogP contribution in [0.4, 0.5) is 0 Å². The number of aryl methyl sites for hydroxylation is 1. The van der Waals surface area contributed by atoms with Crippen molar-refractivity contribution in [2.45, 2.75) is 32.0 Å². The van der Waals surface area contributed by atoms with E-state index in [2.05, 4.69) is 17.1 Å². The molecule has 1 aromatic carbocycles. The highest BCUT2D eigenvalue weighted by Gasteiger charge is 2.19. The summed E-state index contributed by atoms with van der Waals surface area (Å²) < 4.78 is 18.5. The predicted octanol–water partition coefficient (Wildman–Crippen LogP) is 4.00. The maximum Gasteiger partial charge on any atom is 0.191 e. The number of aromatic nitrogens is 3. The molecule has 0 radical (unpaired) electrons. The summed E-state index contributed by atoms with van der Waals surface area (Å²) in [6.07, 6.45) is 2.58. The van der Waals surface area contributed by atoms with E-state index in [-0.39, 0.29) is 11.5 Å². The number of rotatable bonds is 7. The molecule has 0 unspecified atom stereocenters. The van der Waals surface area contributed by atoms with Gasteiger partial charge >= 0.3 is 0 Å². The largest absolute Gasteiger partial charge is 0.486 e. The van der Waals surface area contributed by atoms with E-state index in [4.69, 9.17) is 13.9 Å². The van der Waals surface area contributed by atoms with E-state index < -0.39 is 0 Å². The van der Waals surface area contributed by atoms with Gasteiger partial charge in [-0.1, -0.05) is 18.7 Å². The maximum atomic E-state index is 12.7. The minimum Gasteiger partial charge on any atom is -0.486 e. The van der Waals surface area contributed by atoms with Crippen LogP contribution < -0.4 is 9.47 Å². The number of nitrogens with zero attached hydrogens (tertiary/aromatic N) is 3. The van der Waals surface area contributed by atoms with Gasteiger partial charge < -0.3 is 18.5 Å². The Kier molecular flexibility index (Phi) is 5.38. The maximum absolute atomic E-state index is 12.7. The van der Waals surface area contributed by atoms with Gasteiger partial charge in [-0.15, -0.1) is 10.2 Å². The number of carbonyl (C=O) groups is 1. The fourth-order valence-corrected chi connectivity index (χ4v) is 3.93. The standard InChI is InChI=1S/C20H21N3O4S/c1-3-7-23-19(15-6-8-25-13(15)2)21-22-20(23)28-12-16(24)14-4-5-17-18(11-14)27-10-9-26-17/h4-6,8,11H,3,7,9-10,12H2,1-2H3. The van der Waals surface area contributed by atoms with E-state index >= 15 is 0 Å². The van der Waals surface area contributed by atoms with E-state index in [9.17, 15) is 4.79 Å². The molecule has 0 N–H and O–H groups in total. The molecule has 0 bridgehead atoms. The van der Waals surface area contributed by atoms with Crippen molar-refractivity contribution in [3.63, 3.8) is 0 Å². The molecule has 3 heterocycles. The second-order valence-corrected chi connectivity index (χ2v) is 7.36. The second kappa shape index (κ2) is 8.10. The summed E-state index contributed by atoms with van der Waals surface area (Å²) in [5.41, 5.74) is 1.52. The lowest BCUT2D eigenvalue weighted by Crippen LogP contribution is -2.16. The van der Waals surface area contributed by atoms with Gasteiger partial charge in [0, 0.05) is 12.1 Å². The smallest absolute Gasteiger partial charge is 0.191 e. The van der Waals surface area contributed by atoms with Crippen LogP contribution in [0.15, 0.2) is 40.1 Å². The van der Waals surface area contributed by atoms with E-state index in [1.165, 1.54) is 11.8 Å². The molecule has 1 aliphatic heterocycles. The van der Waals surface area contributed by atoms with Crippen molar-refractivity contribution in [2.75, 3.05) is 19.0 Å². The van der Waals surface area contributed by atoms with Gasteiger partial charge in [0.05, 0.1) is 17.6 Å². The molecule has 0 saturated heterocycles. The van der Waals surface area contributed by atoms with E-state index in [1.54, 1.807) is 24.5 Å². The summed E-state index contributed by atoms with van der Waals surface area (Å²) in [6, 6.07) is 7.19. The van der Waals surface area contributed by atoms with Crippen LogP contribution in [0.5, 0.6) is 11.5 Å². The highest BCUT2D eigenvalue weighted by atomic mass is 32.2. The number of hydrogen-bond acceptors (Lipinski definition) is 7. The fourth-order valence-electron chi connectivity index (χ4n) is 3.07. The molecular formula is C20H21N3O4S. The highest BCUT2D eigenvalue weighted by molar-refractivity contribution is 7.99. The lowest BCUT2D eigenvalue weighted by Gasteiger charge is -2.18. The summed E-state index contributed by atoms with van der Waals surface area (Å²) in [4.78, 5) is 12.7. The zero-order chi connectivity index (χ0) is 19.5. The normalized spacial score (nSPS) is 12.9. The van der Waals surface area contributed by atoms with Gasteiger partial charge in [0.25, 0.3) is 0 Å². The third-order valence-corrected chi connectivity index (χ3v) is 5.43. The van der Waals surface area contributed by atoms with Crippen molar-refractivity contribution in [3.8, 4) is 22.9 Å². The molecule has 7 nitrogen and oxygen atoms in total. The number of Topliss-reactive ketones (excluding diaryl/α,β-unsaturated/α-hetero) is 1. The Labute approximate surface area is 167 Å². The van der Waals surface area contributed by atoms with Crippen LogP contribution in [0.3, 0.4) is 0 Å². The lowest BCUT2D eigenvalue weighted by molar-refractivity contribution is 0.102. The molecule has 2 aromatic heterocycles. The SMILES string of the molecule is CCCn1c(SCC(=O)c2ccc3c(c2)OCCO3)nnc1-c1ccoc1C. The average Bonchev–Trinajstić information content (AvgIpc) is 3.31. The molecule has 0 atom stereocenters. The number of ether oxygens (including phenoxy) is 2. The van der Waals surface area contributed by atoms with Crippen molar-refractivity contribution < 1.29 is 18.7 Å². The van der Waals surface area contributed by atoms with Crippen molar-refractivity contribution >= 4 is 17.5 Å². The first-order valence-corrected chi connectivity index (χ1v) is 10.2. The summed E-state index contributed by atoms with van der Waals surface area (Å²) in [5.74, 6) is 3.14. The zero-order valence-corrected chi connectivity index (χ0v) is 16.6. The molecule has 8 heteroatoms. The predicted molar refractivity (Wildman–Crippen MR) is 105 cm³/mol. The number of fused-ring (bicyclic) bond motifs is 1. The summed E-state index contributed by atoms with van der Waals surface area (Å²) >= 11 is 1.39. The fraction of sp³-hybridized carbons (Fsp3) is 0.350. The van der Waals surface area contributed by atoms with Gasteiger partial charge in [0.2, 0.25) is 0 Å². The number of benzene rings is 1. The molecule has 1 aliphatic rings. The summed E-state index contributed by atoms with van der Waals surface area (Å²) in [6.45, 7) is 5.80. The first-order chi connectivity index (χ1) is 13.7. The molecule has 4 rings (SSSR count). The van der Waals surface area contributed by atoms with Gasteiger partial charge in [0.15, 0.2) is 28.3 Å². The molecule has 0 aliphatic carbocycles. The number of furan rings is 1. The van der Waals surface area contributed by atoms with Crippen LogP contribution in [0.2, 0.25) is 0 Å². The topological polar surface area (TPSA) is 79.4 Å². The Morgan fingerprint density at radius 3 is 2.75 bits per heavy atom. The first kappa shape index (κ1) is 18.6. The van der Waals surface area contributed by atoms with Crippen molar-refractivity contribution in [1.82, 2.24) is 14.8 Å². The van der Waals surface area contributed by atoms with Crippen molar-refractivity contribution in [3.05, 3.63) is 41.9 Å². The van der Waals surface area contributed by atoms with Gasteiger partial charge in [-0.05, 0) is 37.6 Å². The van der Waals surface area contributed by atoms with Crippen LogP contribution in [0.25, 0.3) is 11.4 Å². The molecule has 3 aromatic rings. The first-order valence-electron chi connectivity index (χ1n) is 9.20. The van der Waals surface area contributed by atoms with Crippen LogP contribution in [0, 0.1) is 6.92 Å². The van der Waals surface area contributed by atoms with Crippen LogP contribution in [-0.2, 0) is 6.54 Å². The minimum atomic E-state index is 0.00839. The molecule has 28 heavy (non-hydrogen) atoms. The minimum absolute atomic E-state index is 0.00839. The summed E-state index contributed by atoms with van der Waals surface area (Å²) in [5, 5.41) is 9.36. The Morgan fingerprint density at radius 1 is 1.18 bits per heavy atom. The Morgan fingerprint density at radius 2 is 2.00 bits per heavy atom. The number of thioether (sulfide) groups is 1. The second-order valence-electron chi connectivity index (χ2n) is 6.42. The lowest BCUT2D eigenvalue weighted by atomic mass is 10.1. The number of carbonyl (C=O) groups excluding carboxylic acids is 1. The van der Waals surface area contributed by atoms with Gasteiger partial charge in [-0.3, -0.25) is 4.79 Å². The molecule has 0 saturated carbocycles. The monoisotopic (exact) mass is 399 g/mol. The number of ketones is 1. The quantitative estimate of drug-likeness (QED) is 0.439. The Bertz CT molecular complexity index is 995. The molecule has 0 amide bonds. The Balaban J connectivity index is 1.51. The Hall–Kier alpha value is -2.74.